The summed E-state index contributed by atoms with van der Waals surface area (Å²) < 4.78 is 24.1. The minimum Gasteiger partial charge on any atom is -0.309 e. The second kappa shape index (κ2) is 9.25. The van der Waals surface area contributed by atoms with Gasteiger partial charge in [0.15, 0.2) is 5.16 Å². The summed E-state index contributed by atoms with van der Waals surface area (Å²) in [7, 11) is 0.569. The number of nitrogens with two attached hydrogens (primary N) is 1. The minimum atomic E-state index is -3.46. The van der Waals surface area contributed by atoms with E-state index in [0.717, 1.165) is 42.4 Å². The van der Waals surface area contributed by atoms with E-state index < -0.39 is 10.0 Å². The maximum Gasteiger partial charge on any atom is 0.263 e. The van der Waals surface area contributed by atoms with Crippen LogP contribution in [0.2, 0.25) is 0 Å². The molecule has 10 heteroatoms. The lowest BCUT2D eigenvalue weighted by Crippen LogP contribution is -2.26. The van der Waals surface area contributed by atoms with Crippen molar-refractivity contribution >= 4 is 43.3 Å². The van der Waals surface area contributed by atoms with Crippen LogP contribution in [-0.4, -0.2) is 55.0 Å². The van der Waals surface area contributed by atoms with Gasteiger partial charge >= 0.3 is 0 Å². The van der Waals surface area contributed by atoms with E-state index in [1.54, 1.807) is 15.9 Å². The lowest BCUT2D eigenvalue weighted by Gasteiger charge is -2.15. The third-order valence-corrected chi connectivity index (χ3v) is 7.94. The second-order valence-electron chi connectivity index (χ2n) is 7.47. The molecule has 0 amide bonds. The van der Waals surface area contributed by atoms with Gasteiger partial charge in [-0.15, -0.1) is 11.3 Å². The van der Waals surface area contributed by atoms with E-state index in [2.05, 4.69) is 4.90 Å². The van der Waals surface area contributed by atoms with Crippen LogP contribution < -0.4 is 10.7 Å². The van der Waals surface area contributed by atoms with Crippen molar-refractivity contribution in [2.45, 2.75) is 50.2 Å². The number of thiophene rings is 1. The lowest BCUT2D eigenvalue weighted by molar-refractivity contribution is 0.379. The molecule has 7 nitrogen and oxygen atoms in total. The Balaban J connectivity index is 1.91. The van der Waals surface area contributed by atoms with Gasteiger partial charge in [0.2, 0.25) is 10.0 Å². The van der Waals surface area contributed by atoms with Crippen molar-refractivity contribution in [2.75, 3.05) is 32.1 Å². The molecule has 2 aromatic heterocycles. The molecule has 0 spiro atoms. The van der Waals surface area contributed by atoms with Gasteiger partial charge < -0.3 is 4.90 Å². The fourth-order valence-electron chi connectivity index (χ4n) is 3.50. The molecule has 156 valence electrons. The number of fused-ring (bicyclic) bond motifs is 3. The number of hydrogen-bond donors (Lipinski definition) is 1. The smallest absolute Gasteiger partial charge is 0.263 e. The first-order chi connectivity index (χ1) is 13.3. The van der Waals surface area contributed by atoms with E-state index in [-0.39, 0.29) is 11.3 Å². The summed E-state index contributed by atoms with van der Waals surface area (Å²) in [6.45, 7) is 1.50. The highest BCUT2D eigenvalue weighted by molar-refractivity contribution is 7.99. The van der Waals surface area contributed by atoms with Gasteiger partial charge in [0.25, 0.3) is 5.56 Å². The number of thioether (sulfide) groups is 1. The highest BCUT2D eigenvalue weighted by atomic mass is 32.2. The topological polar surface area (TPSA) is 98.3 Å². The number of sulfonamides is 1. The van der Waals surface area contributed by atoms with Gasteiger partial charge in [-0.05, 0) is 64.7 Å². The van der Waals surface area contributed by atoms with Crippen molar-refractivity contribution in [2.24, 2.45) is 5.14 Å². The quantitative estimate of drug-likeness (QED) is 0.361. The fourth-order valence-corrected chi connectivity index (χ4v) is 6.49. The normalized spacial score (nSPS) is 14.7. The standard InChI is InChI=1S/C18H28N4O3S3/c1-21(2)9-5-10-22-17(23)15-13-7-3-4-8-14(13)27-16(15)20-18(22)26-11-6-12-28(19,24)25/h3-12H2,1-2H3,(H2,19,24,25). The molecule has 0 fully saturated rings. The van der Waals surface area contributed by atoms with Crippen LogP contribution in [0.5, 0.6) is 0 Å². The average molecular weight is 445 g/mol. The first-order valence-corrected chi connectivity index (χ1v) is 13.1. The third-order valence-electron chi connectivity index (χ3n) is 4.83. The summed E-state index contributed by atoms with van der Waals surface area (Å²) in [4.78, 5) is 22.4. The largest absolute Gasteiger partial charge is 0.309 e. The van der Waals surface area contributed by atoms with Crippen LogP contribution >= 0.6 is 23.1 Å². The zero-order valence-electron chi connectivity index (χ0n) is 16.4. The van der Waals surface area contributed by atoms with Crippen molar-refractivity contribution in [1.29, 1.82) is 0 Å². The molecule has 0 unspecified atom stereocenters. The molecule has 1 aliphatic carbocycles. The molecule has 0 atom stereocenters. The van der Waals surface area contributed by atoms with E-state index in [1.807, 2.05) is 14.1 Å². The van der Waals surface area contributed by atoms with Crippen LogP contribution in [-0.2, 0) is 29.4 Å². The minimum absolute atomic E-state index is 0.0529. The zero-order valence-corrected chi connectivity index (χ0v) is 18.9. The second-order valence-corrected chi connectivity index (χ2v) is 11.3. The van der Waals surface area contributed by atoms with Crippen LogP contribution in [0.25, 0.3) is 10.2 Å². The van der Waals surface area contributed by atoms with Gasteiger partial charge in [0.1, 0.15) is 4.83 Å². The SMILES string of the molecule is CN(C)CCCn1c(SCCCS(N)(=O)=O)nc2sc3c(c2c1=O)CCCC3. The predicted octanol–water partition coefficient (Wildman–Crippen LogP) is 2.06. The summed E-state index contributed by atoms with van der Waals surface area (Å²) >= 11 is 3.09. The number of primary sulfonamides is 1. The molecule has 2 N–H and O–H groups in total. The molecule has 2 aromatic rings. The van der Waals surface area contributed by atoms with Crippen LogP contribution in [0.4, 0.5) is 0 Å². The predicted molar refractivity (Wildman–Crippen MR) is 117 cm³/mol. The van der Waals surface area contributed by atoms with Crippen molar-refractivity contribution in [3.8, 4) is 0 Å². The summed E-state index contributed by atoms with van der Waals surface area (Å²) in [6.07, 6.45) is 5.60. The summed E-state index contributed by atoms with van der Waals surface area (Å²) in [5, 5.41) is 6.57. The molecule has 0 radical (unpaired) electrons. The number of aryl methyl sites for hydroxylation is 2. The van der Waals surface area contributed by atoms with Crippen LogP contribution in [0, 0.1) is 0 Å². The number of hydrogen-bond acceptors (Lipinski definition) is 7. The van der Waals surface area contributed by atoms with Gasteiger partial charge in [-0.1, -0.05) is 11.8 Å². The van der Waals surface area contributed by atoms with Crippen molar-refractivity contribution in [1.82, 2.24) is 14.5 Å². The monoisotopic (exact) mass is 444 g/mol. The Labute approximate surface area is 174 Å². The van der Waals surface area contributed by atoms with Gasteiger partial charge in [-0.3, -0.25) is 9.36 Å². The molecule has 0 saturated heterocycles. The Hall–Kier alpha value is -0.940. The van der Waals surface area contributed by atoms with E-state index in [1.165, 1.54) is 28.6 Å². The van der Waals surface area contributed by atoms with Crippen molar-refractivity contribution < 1.29 is 8.42 Å². The molecule has 1 aliphatic rings. The maximum absolute atomic E-state index is 13.3. The van der Waals surface area contributed by atoms with E-state index >= 15 is 0 Å². The van der Waals surface area contributed by atoms with E-state index in [4.69, 9.17) is 10.1 Å². The third kappa shape index (κ3) is 5.35. The first-order valence-electron chi connectivity index (χ1n) is 9.59. The molecule has 0 saturated carbocycles. The fraction of sp³-hybridized carbons (Fsp3) is 0.667. The molecular weight excluding hydrogens is 416 g/mol. The highest BCUT2D eigenvalue weighted by Crippen LogP contribution is 2.34. The Morgan fingerprint density at radius 1 is 1.25 bits per heavy atom. The maximum atomic E-state index is 13.3. The summed E-state index contributed by atoms with van der Waals surface area (Å²) in [5.74, 6) is 0.507. The molecule has 0 aliphatic heterocycles. The Kier molecular flexibility index (Phi) is 7.19. The number of aromatic nitrogens is 2. The lowest BCUT2D eigenvalue weighted by atomic mass is 9.97. The zero-order chi connectivity index (χ0) is 20.3. The number of rotatable bonds is 9. The van der Waals surface area contributed by atoms with E-state index in [0.29, 0.717) is 23.9 Å². The number of nitrogens with zero attached hydrogens (tertiary/aromatic N) is 3. The van der Waals surface area contributed by atoms with E-state index in [9.17, 15) is 13.2 Å². The molecule has 3 rings (SSSR count). The molecule has 0 aromatic carbocycles. The molecular formula is C18H28N4O3S3. The molecule has 28 heavy (non-hydrogen) atoms. The Bertz CT molecular complexity index is 996. The van der Waals surface area contributed by atoms with Gasteiger partial charge in [-0.25, -0.2) is 18.5 Å². The van der Waals surface area contributed by atoms with Crippen molar-refractivity contribution in [3.05, 3.63) is 20.8 Å². The van der Waals surface area contributed by atoms with Crippen molar-refractivity contribution in [3.63, 3.8) is 0 Å². The summed E-state index contributed by atoms with van der Waals surface area (Å²) in [5.41, 5.74) is 1.26. The first kappa shape index (κ1) is 21.8. The average Bonchev–Trinajstić information content (AvgIpc) is 2.98. The molecule has 0 bridgehead atoms. The van der Waals surface area contributed by atoms with Gasteiger partial charge in [0, 0.05) is 17.2 Å². The molecule has 2 heterocycles. The van der Waals surface area contributed by atoms with Crippen LogP contribution in [0.1, 0.15) is 36.1 Å². The van der Waals surface area contributed by atoms with Crippen LogP contribution in [0.15, 0.2) is 9.95 Å². The summed E-state index contributed by atoms with van der Waals surface area (Å²) in [6, 6.07) is 0. The van der Waals surface area contributed by atoms with Gasteiger partial charge in [0.05, 0.1) is 11.1 Å². The highest BCUT2D eigenvalue weighted by Gasteiger charge is 2.22. The van der Waals surface area contributed by atoms with Gasteiger partial charge in [-0.2, -0.15) is 0 Å². The van der Waals surface area contributed by atoms with Crippen LogP contribution in [0.3, 0.4) is 0 Å². The Morgan fingerprint density at radius 3 is 2.71 bits per heavy atom. The Morgan fingerprint density at radius 2 is 2.00 bits per heavy atom.